The van der Waals surface area contributed by atoms with Gasteiger partial charge in [-0.05, 0) is 32.1 Å². The van der Waals surface area contributed by atoms with E-state index in [0.717, 1.165) is 96.3 Å². The fraction of sp³-hybridized carbons (Fsp3) is 0.944. The summed E-state index contributed by atoms with van der Waals surface area (Å²) in [4.78, 5) is 59.3. The van der Waals surface area contributed by atoms with E-state index in [2.05, 4.69) is 34.6 Å². The van der Waals surface area contributed by atoms with E-state index in [9.17, 15) is 49.5 Å². The molecule has 0 aliphatic carbocycles. The van der Waals surface area contributed by atoms with Crippen LogP contribution >= 0.6 is 0 Å². The second-order valence-corrected chi connectivity index (χ2v) is 33.0. The third kappa shape index (κ3) is 89.9. The van der Waals surface area contributed by atoms with Crippen molar-refractivity contribution in [3.63, 3.8) is 0 Å². The summed E-state index contributed by atoms with van der Waals surface area (Å²) in [5.74, 6) is -5.74. The van der Waals surface area contributed by atoms with Gasteiger partial charge in [-0.15, -0.1) is 0 Å². The van der Waals surface area contributed by atoms with Crippen LogP contribution in [-0.4, -0.2) is 124 Å². The van der Waals surface area contributed by atoms with Gasteiger partial charge in [-0.2, -0.15) is 0 Å². The molecule has 5 unspecified atom stereocenters. The first kappa shape index (κ1) is 112. The molecule has 0 aromatic rings. The molecule has 17 heteroatoms. The minimum absolute atomic E-state index is 0. The van der Waals surface area contributed by atoms with Gasteiger partial charge in [-0.1, -0.05) is 484 Å². The number of aliphatic carboxylic acids is 2. The molecule has 0 aromatic heterocycles. The number of carbonyl (C=O) groups is 5. The van der Waals surface area contributed by atoms with E-state index in [1.807, 2.05) is 0 Å². The van der Waals surface area contributed by atoms with Crippen LogP contribution in [0.3, 0.4) is 0 Å². The first-order valence-electron chi connectivity index (χ1n) is 46.1. The summed E-state index contributed by atoms with van der Waals surface area (Å²) in [6.45, 7) is 11.3. The zero-order chi connectivity index (χ0) is 78.5. The van der Waals surface area contributed by atoms with E-state index in [4.69, 9.17) is 21.6 Å². The number of carbonyl (C=O) groups excluding carboxylic acids is 5. The van der Waals surface area contributed by atoms with Gasteiger partial charge in [0, 0.05) is 0 Å². The van der Waals surface area contributed by atoms with Crippen molar-refractivity contribution in [1.29, 1.82) is 0 Å². The fourth-order valence-electron chi connectivity index (χ4n) is 13.8. The van der Waals surface area contributed by atoms with Crippen molar-refractivity contribution in [2.45, 2.75) is 547 Å². The number of rotatable bonds is 83. The Kier molecular flexibility index (Phi) is 97.5. The van der Waals surface area contributed by atoms with Crippen LogP contribution in [-0.2, 0) is 35.3 Å². The standard InChI is InChI=1S/5C18H36O3.Al.Mg/c5*1-2-3-4-5-6-7-8-9-10-11-12-13-14-15-16-17(19)18(20)21;;/h5*17,19H,2-16H2,1H3,(H,20,21);;/q;;;;;+3;+2/p-5. The molecule has 630 valence electrons. The van der Waals surface area contributed by atoms with Crippen molar-refractivity contribution in [2.75, 3.05) is 0 Å². The van der Waals surface area contributed by atoms with Crippen LogP contribution in [0.1, 0.15) is 516 Å². The van der Waals surface area contributed by atoms with Crippen molar-refractivity contribution in [1.82, 2.24) is 0 Å². The topological polar surface area (TPSA) is 260 Å². The molecule has 5 atom stereocenters. The molecule has 0 aliphatic heterocycles. The van der Waals surface area contributed by atoms with Crippen LogP contribution in [0.5, 0.6) is 0 Å². The molecule has 0 rings (SSSR count). The second kappa shape index (κ2) is 93.3. The van der Waals surface area contributed by atoms with Crippen molar-refractivity contribution in [2.24, 2.45) is 0 Å². The Labute approximate surface area is 681 Å². The van der Waals surface area contributed by atoms with Gasteiger partial charge < -0.3 is 56.7 Å². The summed E-state index contributed by atoms with van der Waals surface area (Å²) >= 11 is -3.84. The Balaban J connectivity index is -0.000000994. The number of hydrogen-bond donors (Lipinski definition) is 5. The molecule has 0 bridgehead atoms. The van der Waals surface area contributed by atoms with Gasteiger partial charge in [0.05, 0.1) is 24.1 Å². The Hall–Kier alpha value is -1.55. The molecule has 0 aromatic carbocycles. The maximum atomic E-state index is 12.9. The maximum absolute atomic E-state index is 12.9. The first-order chi connectivity index (χ1) is 51.6. The Morgan fingerprint density at radius 3 is 0.421 bits per heavy atom. The van der Waals surface area contributed by atoms with E-state index in [-0.39, 0.29) is 42.3 Å². The molecular formula is C90H175AlMgO15. The van der Waals surface area contributed by atoms with E-state index < -0.39 is 75.5 Å². The molecule has 107 heavy (non-hydrogen) atoms. The predicted molar refractivity (Wildman–Crippen MR) is 444 cm³/mol. The van der Waals surface area contributed by atoms with Gasteiger partial charge in [0.25, 0.3) is 0 Å². The normalized spacial score (nSPS) is 12.6. The van der Waals surface area contributed by atoms with Crippen LogP contribution in [0.25, 0.3) is 0 Å². The third-order valence-corrected chi connectivity index (χ3v) is 22.4. The van der Waals surface area contributed by atoms with E-state index in [0.29, 0.717) is 32.1 Å². The number of carboxylic acid groups (broad SMARTS) is 2. The van der Waals surface area contributed by atoms with Crippen LogP contribution in [0.2, 0.25) is 0 Å². The number of carboxylic acids is 2. The summed E-state index contributed by atoms with van der Waals surface area (Å²) in [6.07, 6.45) is 80.3. The van der Waals surface area contributed by atoms with Crippen molar-refractivity contribution < 1.29 is 71.1 Å². The molecule has 0 saturated carbocycles. The Morgan fingerprint density at radius 1 is 0.206 bits per heavy atom. The Morgan fingerprint density at radius 2 is 0.308 bits per heavy atom. The van der Waals surface area contributed by atoms with E-state index in [1.165, 1.54) is 334 Å². The molecule has 15 nitrogen and oxygen atoms in total. The largest absolute Gasteiger partial charge is 2.00 e. The smallest absolute Gasteiger partial charge is 0.549 e. The van der Waals surface area contributed by atoms with Gasteiger partial charge in [-0.3, -0.25) is 14.4 Å². The number of hydrogen-bond acceptors (Lipinski definition) is 15. The summed E-state index contributed by atoms with van der Waals surface area (Å²) in [6, 6.07) is 0. The van der Waals surface area contributed by atoms with Gasteiger partial charge in [0.15, 0.2) is 0 Å². The molecule has 0 radical (unpaired) electrons. The number of unbranched alkanes of at least 4 members (excludes halogenated alkanes) is 65. The van der Waals surface area contributed by atoms with Crippen molar-refractivity contribution in [3.05, 3.63) is 0 Å². The van der Waals surface area contributed by atoms with Crippen LogP contribution in [0.15, 0.2) is 0 Å². The molecule has 0 spiro atoms. The fourth-order valence-corrected chi connectivity index (χ4v) is 15.0. The van der Waals surface area contributed by atoms with Gasteiger partial charge in [0.1, 0.15) is 18.3 Å². The maximum Gasteiger partial charge on any atom is 2.00 e. The first-order valence-corrected chi connectivity index (χ1v) is 47.5. The monoisotopic (exact) mass is 1550 g/mol. The van der Waals surface area contributed by atoms with Gasteiger partial charge in [0.2, 0.25) is 0 Å². The third-order valence-electron chi connectivity index (χ3n) is 21.2. The van der Waals surface area contributed by atoms with Gasteiger partial charge >= 0.3 is 56.1 Å². The second-order valence-electron chi connectivity index (χ2n) is 31.7. The van der Waals surface area contributed by atoms with Gasteiger partial charge in [-0.25, -0.2) is 0 Å². The molecule has 0 heterocycles. The molecule has 0 fully saturated rings. The SMILES string of the molecule is CCCCCCCCCCCCCCCCC(O)C(=O)[O-].CCCCCCCCCCCCCCCCC(O)C(=O)[O-].CCCCCCCCCCCCCCCCC(O)C(=O)[O][Al]([O]C(=O)C(O)CCCCCCCCCCCCCCCC)[O]C(=O)C(O)CCCCCCCCCCCCCCCC.[Mg+2]. The van der Waals surface area contributed by atoms with Crippen LogP contribution < -0.4 is 10.2 Å². The summed E-state index contributed by atoms with van der Waals surface area (Å²) in [7, 11) is 0. The number of aliphatic hydroxyl groups excluding tert-OH is 5. The number of aliphatic hydroxyl groups is 5. The zero-order valence-corrected chi connectivity index (χ0v) is 73.6. The molecule has 5 N–H and O–H groups in total. The molecule has 0 saturated heterocycles. The van der Waals surface area contributed by atoms with E-state index in [1.54, 1.807) is 0 Å². The zero-order valence-electron chi connectivity index (χ0n) is 71.0. The van der Waals surface area contributed by atoms with Crippen molar-refractivity contribution >= 4 is 68.0 Å². The molecular weight excluding hydrogens is 1370 g/mol. The van der Waals surface area contributed by atoms with Crippen LogP contribution in [0.4, 0.5) is 0 Å². The summed E-state index contributed by atoms with van der Waals surface area (Å²) in [5, 5.41) is 70.5. The summed E-state index contributed by atoms with van der Waals surface area (Å²) in [5.41, 5.74) is 0. The average Bonchev–Trinajstić information content (AvgIpc) is 0.890. The van der Waals surface area contributed by atoms with Crippen molar-refractivity contribution in [3.8, 4) is 0 Å². The van der Waals surface area contributed by atoms with Crippen LogP contribution in [0, 0.1) is 0 Å². The Bertz CT molecular complexity index is 1650. The minimum Gasteiger partial charge on any atom is -0.549 e. The predicted octanol–water partition coefficient (Wildman–Crippen LogP) is 22.9. The van der Waals surface area contributed by atoms with E-state index >= 15 is 0 Å². The summed E-state index contributed by atoms with van der Waals surface area (Å²) < 4.78 is 16.0. The molecule has 0 amide bonds. The minimum atomic E-state index is -3.84. The quantitative estimate of drug-likeness (QED) is 0.0280. The molecule has 0 aliphatic rings. The average molecular weight is 1550 g/mol.